The van der Waals surface area contributed by atoms with Gasteiger partial charge in [-0.25, -0.2) is 4.98 Å². The van der Waals surface area contributed by atoms with Crippen molar-refractivity contribution in [3.63, 3.8) is 0 Å². The van der Waals surface area contributed by atoms with E-state index in [-0.39, 0.29) is 5.91 Å². The first kappa shape index (κ1) is 15.7. The summed E-state index contributed by atoms with van der Waals surface area (Å²) in [5, 5.41) is 13.1. The Morgan fingerprint density at radius 1 is 1.26 bits per heavy atom. The van der Waals surface area contributed by atoms with Crippen molar-refractivity contribution < 1.29 is 9.90 Å². The highest BCUT2D eigenvalue weighted by Crippen LogP contribution is 2.29. The molecule has 23 heavy (non-hydrogen) atoms. The molecule has 1 aromatic carbocycles. The van der Waals surface area contributed by atoms with Gasteiger partial charge in [-0.1, -0.05) is 30.3 Å². The Balaban J connectivity index is 1.53. The summed E-state index contributed by atoms with van der Waals surface area (Å²) in [7, 11) is 0. The van der Waals surface area contributed by atoms with E-state index in [9.17, 15) is 9.90 Å². The maximum Gasteiger partial charge on any atom is 0.251 e. The molecule has 0 saturated heterocycles. The van der Waals surface area contributed by atoms with E-state index in [0.29, 0.717) is 25.8 Å². The number of benzene rings is 1. The van der Waals surface area contributed by atoms with Crippen LogP contribution in [0.15, 0.2) is 42.7 Å². The lowest BCUT2D eigenvalue weighted by molar-refractivity contribution is -0.139. The topological polar surface area (TPSA) is 67.2 Å². The van der Waals surface area contributed by atoms with Crippen molar-refractivity contribution in [3.8, 4) is 0 Å². The largest absolute Gasteiger partial charge is 0.380 e. The van der Waals surface area contributed by atoms with Crippen molar-refractivity contribution in [3.05, 3.63) is 54.1 Å². The SMILES string of the molecule is O=C(NCCc1nccn1Cc1ccccc1)C1(O)CCCC1. The van der Waals surface area contributed by atoms with E-state index in [4.69, 9.17) is 0 Å². The first-order chi connectivity index (χ1) is 11.2. The van der Waals surface area contributed by atoms with Crippen molar-refractivity contribution >= 4 is 5.91 Å². The molecule has 1 aliphatic rings. The molecule has 1 aliphatic carbocycles. The summed E-state index contributed by atoms with van der Waals surface area (Å²) < 4.78 is 2.09. The molecule has 1 fully saturated rings. The minimum atomic E-state index is -1.15. The molecule has 122 valence electrons. The second kappa shape index (κ2) is 6.96. The zero-order chi connectivity index (χ0) is 16.1. The van der Waals surface area contributed by atoms with E-state index in [0.717, 1.165) is 25.2 Å². The highest BCUT2D eigenvalue weighted by Gasteiger charge is 2.38. The Hall–Kier alpha value is -2.14. The number of aliphatic hydroxyl groups is 1. The van der Waals surface area contributed by atoms with Crippen molar-refractivity contribution in [2.24, 2.45) is 0 Å². The lowest BCUT2D eigenvalue weighted by Gasteiger charge is -2.20. The van der Waals surface area contributed by atoms with Crippen LogP contribution in [0.2, 0.25) is 0 Å². The Kier molecular flexibility index (Phi) is 4.76. The molecule has 2 aromatic rings. The fourth-order valence-electron chi connectivity index (χ4n) is 3.13. The van der Waals surface area contributed by atoms with Gasteiger partial charge in [0.2, 0.25) is 0 Å². The van der Waals surface area contributed by atoms with Crippen LogP contribution in [0.1, 0.15) is 37.1 Å². The second-order valence-corrected chi connectivity index (χ2v) is 6.20. The molecule has 0 spiro atoms. The second-order valence-electron chi connectivity index (χ2n) is 6.20. The van der Waals surface area contributed by atoms with E-state index >= 15 is 0 Å². The van der Waals surface area contributed by atoms with Crippen LogP contribution >= 0.6 is 0 Å². The molecular weight excluding hydrogens is 290 g/mol. The van der Waals surface area contributed by atoms with Crippen molar-refractivity contribution in [1.82, 2.24) is 14.9 Å². The number of imidazole rings is 1. The predicted octanol–water partition coefficient (Wildman–Crippen LogP) is 1.90. The van der Waals surface area contributed by atoms with E-state index in [2.05, 4.69) is 27.0 Å². The standard InChI is InChI=1S/C18H23N3O2/c22-17(18(23)9-4-5-10-18)20-11-8-16-19-12-13-21(16)14-15-6-2-1-3-7-15/h1-3,6-7,12-13,23H,4-5,8-11,14H2,(H,20,22). The number of nitrogens with one attached hydrogen (secondary N) is 1. The molecule has 5 nitrogen and oxygen atoms in total. The van der Waals surface area contributed by atoms with Gasteiger partial charge in [0.15, 0.2) is 0 Å². The summed E-state index contributed by atoms with van der Waals surface area (Å²) in [4.78, 5) is 16.5. The van der Waals surface area contributed by atoms with Crippen LogP contribution in [0.5, 0.6) is 0 Å². The third kappa shape index (κ3) is 3.79. The van der Waals surface area contributed by atoms with Crippen LogP contribution in [-0.2, 0) is 17.8 Å². The van der Waals surface area contributed by atoms with Gasteiger partial charge in [-0.15, -0.1) is 0 Å². The molecule has 1 heterocycles. The number of carbonyl (C=O) groups is 1. The summed E-state index contributed by atoms with van der Waals surface area (Å²) in [6.45, 7) is 1.26. The third-order valence-electron chi connectivity index (χ3n) is 4.48. The van der Waals surface area contributed by atoms with Crippen molar-refractivity contribution in [1.29, 1.82) is 0 Å². The summed E-state index contributed by atoms with van der Waals surface area (Å²) in [5.41, 5.74) is 0.0653. The monoisotopic (exact) mass is 313 g/mol. The van der Waals surface area contributed by atoms with Crippen LogP contribution in [0.25, 0.3) is 0 Å². The number of hydrogen-bond donors (Lipinski definition) is 2. The molecule has 1 amide bonds. The van der Waals surface area contributed by atoms with Crippen LogP contribution < -0.4 is 5.32 Å². The fraction of sp³-hybridized carbons (Fsp3) is 0.444. The number of rotatable bonds is 6. The molecule has 0 bridgehead atoms. The van der Waals surface area contributed by atoms with E-state index < -0.39 is 5.60 Å². The number of amides is 1. The predicted molar refractivity (Wildman–Crippen MR) is 87.9 cm³/mol. The molecule has 0 unspecified atom stereocenters. The van der Waals surface area contributed by atoms with Crippen LogP contribution in [0.3, 0.4) is 0 Å². The van der Waals surface area contributed by atoms with Crippen LogP contribution in [-0.4, -0.2) is 32.7 Å². The molecule has 1 saturated carbocycles. The average Bonchev–Trinajstić information content (AvgIpc) is 3.19. The Morgan fingerprint density at radius 2 is 2.00 bits per heavy atom. The number of hydrogen-bond acceptors (Lipinski definition) is 3. The Labute approximate surface area is 136 Å². The quantitative estimate of drug-likeness (QED) is 0.856. The van der Waals surface area contributed by atoms with Crippen LogP contribution in [0.4, 0.5) is 0 Å². The smallest absolute Gasteiger partial charge is 0.251 e. The van der Waals surface area contributed by atoms with Gasteiger partial charge < -0.3 is 15.0 Å². The Morgan fingerprint density at radius 3 is 2.74 bits per heavy atom. The molecule has 2 N–H and O–H groups in total. The molecule has 3 rings (SSSR count). The van der Waals surface area contributed by atoms with Crippen molar-refractivity contribution in [2.75, 3.05) is 6.54 Å². The average molecular weight is 313 g/mol. The first-order valence-electron chi connectivity index (χ1n) is 8.22. The van der Waals surface area contributed by atoms with Gasteiger partial charge in [-0.05, 0) is 31.2 Å². The maximum absolute atomic E-state index is 12.1. The number of aromatic nitrogens is 2. The molecule has 0 aliphatic heterocycles. The van der Waals surface area contributed by atoms with Gasteiger partial charge in [-0.3, -0.25) is 4.79 Å². The molecule has 1 aromatic heterocycles. The van der Waals surface area contributed by atoms with Crippen LogP contribution in [0, 0.1) is 0 Å². The summed E-state index contributed by atoms with van der Waals surface area (Å²) in [6, 6.07) is 10.2. The van der Waals surface area contributed by atoms with Gasteiger partial charge in [0.25, 0.3) is 5.91 Å². The summed E-state index contributed by atoms with van der Waals surface area (Å²) in [6.07, 6.45) is 7.38. The lowest BCUT2D eigenvalue weighted by Crippen LogP contribution is -2.45. The highest BCUT2D eigenvalue weighted by atomic mass is 16.3. The van der Waals surface area contributed by atoms with Gasteiger partial charge in [0.1, 0.15) is 11.4 Å². The van der Waals surface area contributed by atoms with Crippen molar-refractivity contribution in [2.45, 2.75) is 44.2 Å². The normalized spacial score (nSPS) is 16.4. The summed E-state index contributed by atoms with van der Waals surface area (Å²) >= 11 is 0. The number of nitrogens with zero attached hydrogens (tertiary/aromatic N) is 2. The zero-order valence-corrected chi connectivity index (χ0v) is 13.2. The molecule has 0 radical (unpaired) electrons. The maximum atomic E-state index is 12.1. The first-order valence-corrected chi connectivity index (χ1v) is 8.22. The highest BCUT2D eigenvalue weighted by molar-refractivity contribution is 5.85. The van der Waals surface area contributed by atoms with E-state index in [1.807, 2.05) is 24.4 Å². The van der Waals surface area contributed by atoms with Gasteiger partial charge >= 0.3 is 0 Å². The summed E-state index contributed by atoms with van der Waals surface area (Å²) in [5.74, 6) is 0.698. The lowest BCUT2D eigenvalue weighted by atomic mass is 10.0. The van der Waals surface area contributed by atoms with Gasteiger partial charge in [-0.2, -0.15) is 0 Å². The van der Waals surface area contributed by atoms with Gasteiger partial charge in [0, 0.05) is 31.9 Å². The Bertz CT molecular complexity index is 645. The fourth-order valence-corrected chi connectivity index (χ4v) is 3.13. The molecular formula is C18H23N3O2. The molecule has 5 heteroatoms. The van der Waals surface area contributed by atoms with E-state index in [1.54, 1.807) is 6.20 Å². The third-order valence-corrected chi connectivity index (χ3v) is 4.48. The van der Waals surface area contributed by atoms with E-state index in [1.165, 1.54) is 5.56 Å². The molecule has 0 atom stereocenters. The number of carbonyl (C=O) groups excluding carboxylic acids is 1. The minimum absolute atomic E-state index is 0.240. The van der Waals surface area contributed by atoms with Gasteiger partial charge in [0.05, 0.1) is 0 Å². The zero-order valence-electron chi connectivity index (χ0n) is 13.2. The minimum Gasteiger partial charge on any atom is -0.380 e.